The molecular weight excluding hydrogens is 452 g/mol. The molecule has 4 amide bonds. The van der Waals surface area contributed by atoms with E-state index in [9.17, 15) is 9.59 Å². The number of aryl methyl sites for hydroxylation is 1. The van der Waals surface area contributed by atoms with Crippen molar-refractivity contribution in [1.82, 2.24) is 20.5 Å². The summed E-state index contributed by atoms with van der Waals surface area (Å²) < 4.78 is 0. The number of hydrogen-bond donors (Lipinski definition) is 4. The fraction of sp³-hybridized carbons (Fsp3) is 0.320. The lowest BCUT2D eigenvalue weighted by atomic mass is 10.1. The van der Waals surface area contributed by atoms with E-state index in [1.54, 1.807) is 24.3 Å². The van der Waals surface area contributed by atoms with Crippen molar-refractivity contribution in [2.45, 2.75) is 25.8 Å². The second-order valence-electron chi connectivity index (χ2n) is 8.43. The maximum Gasteiger partial charge on any atom is 0.319 e. The van der Waals surface area contributed by atoms with Crippen molar-refractivity contribution in [2.24, 2.45) is 0 Å². The number of aromatic nitrogens is 1. The maximum absolute atomic E-state index is 12.4. The zero-order chi connectivity index (χ0) is 23.9. The number of benzene rings is 2. The molecule has 3 aromatic rings. The lowest BCUT2D eigenvalue weighted by Crippen LogP contribution is -2.47. The van der Waals surface area contributed by atoms with Gasteiger partial charge in [0.05, 0.1) is 11.2 Å². The monoisotopic (exact) mass is 480 g/mol. The van der Waals surface area contributed by atoms with Crippen molar-refractivity contribution in [3.63, 3.8) is 0 Å². The average molecular weight is 481 g/mol. The minimum absolute atomic E-state index is 0.120. The first-order valence-electron chi connectivity index (χ1n) is 11.4. The molecule has 0 bridgehead atoms. The Morgan fingerprint density at radius 2 is 1.82 bits per heavy atom. The van der Waals surface area contributed by atoms with Gasteiger partial charge in [0.15, 0.2) is 0 Å². The summed E-state index contributed by atoms with van der Waals surface area (Å²) in [6, 6.07) is 16.4. The van der Waals surface area contributed by atoms with E-state index < -0.39 is 0 Å². The molecule has 0 atom stereocenters. The van der Waals surface area contributed by atoms with Crippen LogP contribution in [0.15, 0.2) is 54.6 Å². The Balaban J connectivity index is 1.16. The van der Waals surface area contributed by atoms with Crippen LogP contribution in [0.1, 0.15) is 18.5 Å². The number of pyridine rings is 1. The van der Waals surface area contributed by atoms with Crippen LogP contribution in [0.25, 0.3) is 10.9 Å². The molecule has 9 heteroatoms. The predicted octanol–water partition coefficient (Wildman–Crippen LogP) is 4.60. The molecule has 0 unspecified atom stereocenters. The van der Waals surface area contributed by atoms with E-state index in [1.165, 1.54) is 0 Å². The number of halogens is 1. The molecule has 1 aliphatic rings. The molecule has 4 N–H and O–H groups in total. The van der Waals surface area contributed by atoms with Gasteiger partial charge in [-0.05, 0) is 50.1 Å². The molecule has 1 fully saturated rings. The number of para-hydroxylation sites is 1. The van der Waals surface area contributed by atoms with Crippen molar-refractivity contribution in [3.05, 3.63) is 65.3 Å². The van der Waals surface area contributed by atoms with Gasteiger partial charge in [-0.3, -0.25) is 4.98 Å². The van der Waals surface area contributed by atoms with Crippen LogP contribution in [-0.4, -0.2) is 54.2 Å². The molecule has 0 aliphatic carbocycles. The Morgan fingerprint density at radius 3 is 2.62 bits per heavy atom. The highest BCUT2D eigenvalue weighted by Gasteiger charge is 2.20. The number of carbonyl (C=O) groups excluding carboxylic acids is 2. The van der Waals surface area contributed by atoms with Crippen molar-refractivity contribution in [3.8, 4) is 0 Å². The van der Waals surface area contributed by atoms with Crippen molar-refractivity contribution in [1.29, 1.82) is 0 Å². The number of nitrogens with zero attached hydrogens (tertiary/aromatic N) is 2. The van der Waals surface area contributed by atoms with Crippen LogP contribution < -0.4 is 21.3 Å². The standard InChI is InChI=1S/C25H29ClN6O2/c1-17-15-23(21-7-2-3-8-22(21)28-17)31-24(33)27-11-14-32-12-9-19(10-13-32)29-25(34)30-20-6-4-5-18(26)16-20/h2-8,15-16,19H,9-14H2,1H3,(H2,29,30,34)(H2,27,28,31,33). The van der Waals surface area contributed by atoms with Gasteiger partial charge < -0.3 is 26.2 Å². The van der Waals surface area contributed by atoms with Gasteiger partial charge in [-0.2, -0.15) is 0 Å². The fourth-order valence-electron chi connectivity index (χ4n) is 4.12. The van der Waals surface area contributed by atoms with Gasteiger partial charge in [0.25, 0.3) is 0 Å². The molecule has 8 nitrogen and oxygen atoms in total. The molecule has 34 heavy (non-hydrogen) atoms. The third-order valence-electron chi connectivity index (χ3n) is 5.81. The van der Waals surface area contributed by atoms with Gasteiger partial charge in [0.2, 0.25) is 0 Å². The number of amides is 4. The van der Waals surface area contributed by atoms with Crippen LogP contribution in [0, 0.1) is 6.92 Å². The smallest absolute Gasteiger partial charge is 0.319 e. The Kier molecular flexibility index (Phi) is 7.82. The number of hydrogen-bond acceptors (Lipinski definition) is 4. The van der Waals surface area contributed by atoms with E-state index in [2.05, 4.69) is 31.2 Å². The molecule has 0 radical (unpaired) electrons. The fourth-order valence-corrected chi connectivity index (χ4v) is 4.32. The summed E-state index contributed by atoms with van der Waals surface area (Å²) in [5, 5.41) is 13.2. The number of rotatable bonds is 6. The van der Waals surface area contributed by atoms with E-state index in [1.807, 2.05) is 37.3 Å². The van der Waals surface area contributed by atoms with Gasteiger partial charge >= 0.3 is 12.1 Å². The summed E-state index contributed by atoms with van der Waals surface area (Å²) in [6.07, 6.45) is 1.72. The van der Waals surface area contributed by atoms with Crippen LogP contribution in [0.3, 0.4) is 0 Å². The molecule has 0 spiro atoms. The van der Waals surface area contributed by atoms with E-state index in [4.69, 9.17) is 11.6 Å². The summed E-state index contributed by atoms with van der Waals surface area (Å²) in [4.78, 5) is 31.5. The number of urea groups is 2. The molecule has 1 saturated heterocycles. The quantitative estimate of drug-likeness (QED) is 0.414. The SMILES string of the molecule is Cc1cc(NC(=O)NCCN2CCC(NC(=O)Nc3cccc(Cl)c3)CC2)c2ccccc2n1. The molecular formula is C25H29ClN6O2. The second kappa shape index (κ2) is 11.2. The number of carbonyl (C=O) groups is 2. The third-order valence-corrected chi connectivity index (χ3v) is 6.05. The first-order chi connectivity index (χ1) is 16.5. The predicted molar refractivity (Wildman–Crippen MR) is 137 cm³/mol. The molecule has 2 aromatic carbocycles. The van der Waals surface area contributed by atoms with Crippen LogP contribution >= 0.6 is 11.6 Å². The Labute approximate surface area is 204 Å². The highest BCUT2D eigenvalue weighted by molar-refractivity contribution is 6.30. The molecule has 4 rings (SSSR count). The van der Waals surface area contributed by atoms with E-state index >= 15 is 0 Å². The van der Waals surface area contributed by atoms with Crippen molar-refractivity contribution >= 4 is 45.9 Å². The van der Waals surface area contributed by atoms with Crippen LogP contribution in [0.5, 0.6) is 0 Å². The van der Waals surface area contributed by atoms with Crippen LogP contribution in [0.2, 0.25) is 5.02 Å². The van der Waals surface area contributed by atoms with Crippen LogP contribution in [-0.2, 0) is 0 Å². The largest absolute Gasteiger partial charge is 0.337 e. The minimum atomic E-state index is -0.231. The van der Waals surface area contributed by atoms with E-state index in [-0.39, 0.29) is 18.1 Å². The lowest BCUT2D eigenvalue weighted by Gasteiger charge is -2.32. The molecule has 1 aromatic heterocycles. The summed E-state index contributed by atoms with van der Waals surface area (Å²) >= 11 is 5.96. The zero-order valence-electron chi connectivity index (χ0n) is 19.1. The average Bonchev–Trinajstić information content (AvgIpc) is 2.80. The highest BCUT2D eigenvalue weighted by atomic mass is 35.5. The van der Waals surface area contributed by atoms with Gasteiger partial charge in [-0.1, -0.05) is 35.9 Å². The third kappa shape index (κ3) is 6.59. The topological polar surface area (TPSA) is 98.4 Å². The summed E-state index contributed by atoms with van der Waals surface area (Å²) in [5.74, 6) is 0. The number of piperidine rings is 1. The van der Waals surface area contributed by atoms with Crippen LogP contribution in [0.4, 0.5) is 21.0 Å². The van der Waals surface area contributed by atoms with E-state index in [0.717, 1.165) is 54.8 Å². The lowest BCUT2D eigenvalue weighted by molar-refractivity contribution is 0.196. The van der Waals surface area contributed by atoms with E-state index in [0.29, 0.717) is 17.3 Å². The van der Waals surface area contributed by atoms with Gasteiger partial charge in [-0.25, -0.2) is 9.59 Å². The first-order valence-corrected chi connectivity index (χ1v) is 11.8. The summed E-state index contributed by atoms with van der Waals surface area (Å²) in [6.45, 7) is 4.93. The van der Waals surface area contributed by atoms with Gasteiger partial charge in [0, 0.05) is 54.0 Å². The van der Waals surface area contributed by atoms with Crippen molar-refractivity contribution in [2.75, 3.05) is 36.8 Å². The van der Waals surface area contributed by atoms with Crippen molar-refractivity contribution < 1.29 is 9.59 Å². The second-order valence-corrected chi connectivity index (χ2v) is 8.87. The normalized spacial score (nSPS) is 14.5. The maximum atomic E-state index is 12.4. The zero-order valence-corrected chi connectivity index (χ0v) is 19.9. The summed E-state index contributed by atoms with van der Waals surface area (Å²) in [7, 11) is 0. The Bertz CT molecular complexity index is 1160. The number of fused-ring (bicyclic) bond motifs is 1. The Hall–Kier alpha value is -3.36. The number of likely N-dealkylation sites (tertiary alicyclic amines) is 1. The number of nitrogens with one attached hydrogen (secondary N) is 4. The van der Waals surface area contributed by atoms with Gasteiger partial charge in [-0.15, -0.1) is 0 Å². The number of anilines is 2. The summed E-state index contributed by atoms with van der Waals surface area (Å²) in [5.41, 5.74) is 3.13. The molecule has 0 saturated carbocycles. The first kappa shape index (κ1) is 23.8. The Morgan fingerprint density at radius 1 is 1.03 bits per heavy atom. The highest BCUT2D eigenvalue weighted by Crippen LogP contribution is 2.22. The minimum Gasteiger partial charge on any atom is -0.337 e. The molecule has 1 aliphatic heterocycles. The van der Waals surface area contributed by atoms with Gasteiger partial charge in [0.1, 0.15) is 0 Å². The molecule has 178 valence electrons. The molecule has 2 heterocycles.